The summed E-state index contributed by atoms with van der Waals surface area (Å²) in [6.07, 6.45) is -0.879. The molecule has 0 heterocycles. The van der Waals surface area contributed by atoms with E-state index in [1.54, 1.807) is 24.3 Å². The molecule has 0 fully saturated rings. The SMILES string of the molecule is CC(Oc1ccc(Cl)cc1Cl)C(=O)Nc1ccccc1C(=O)O. The third-order valence-corrected chi connectivity index (χ3v) is 3.51. The zero-order valence-corrected chi connectivity index (χ0v) is 13.6. The van der Waals surface area contributed by atoms with Crippen LogP contribution < -0.4 is 10.1 Å². The summed E-state index contributed by atoms with van der Waals surface area (Å²) in [5.41, 5.74) is 0.195. The first-order valence-electron chi connectivity index (χ1n) is 6.63. The Labute approximate surface area is 142 Å². The first-order chi connectivity index (χ1) is 10.9. The Balaban J connectivity index is 2.10. The highest BCUT2D eigenvalue weighted by molar-refractivity contribution is 6.35. The van der Waals surface area contributed by atoms with Crippen LogP contribution >= 0.6 is 23.2 Å². The Hall–Kier alpha value is -2.24. The molecule has 1 amide bonds. The molecule has 2 rings (SSSR count). The third kappa shape index (κ3) is 4.37. The number of carbonyl (C=O) groups excluding carboxylic acids is 1. The lowest BCUT2D eigenvalue weighted by Crippen LogP contribution is -2.30. The highest BCUT2D eigenvalue weighted by Crippen LogP contribution is 2.28. The van der Waals surface area contributed by atoms with Gasteiger partial charge < -0.3 is 15.2 Å². The monoisotopic (exact) mass is 353 g/mol. The van der Waals surface area contributed by atoms with Crippen LogP contribution in [0.1, 0.15) is 17.3 Å². The van der Waals surface area contributed by atoms with Gasteiger partial charge in [0.25, 0.3) is 5.91 Å². The average Bonchev–Trinajstić information content (AvgIpc) is 2.50. The fraction of sp³-hybridized carbons (Fsp3) is 0.125. The zero-order chi connectivity index (χ0) is 17.0. The average molecular weight is 354 g/mol. The molecule has 120 valence electrons. The van der Waals surface area contributed by atoms with Gasteiger partial charge in [-0.1, -0.05) is 35.3 Å². The lowest BCUT2D eigenvalue weighted by atomic mass is 10.1. The molecular formula is C16H13Cl2NO4. The summed E-state index contributed by atoms with van der Waals surface area (Å²) in [6, 6.07) is 10.8. The van der Waals surface area contributed by atoms with E-state index in [-0.39, 0.29) is 16.3 Å². The van der Waals surface area contributed by atoms with Crippen LogP contribution in [0.5, 0.6) is 5.75 Å². The number of anilines is 1. The standard InChI is InChI=1S/C16H13Cl2NO4/c1-9(23-14-7-6-10(17)8-12(14)18)15(20)19-13-5-3-2-4-11(13)16(21)22/h2-9H,1H3,(H,19,20)(H,21,22). The number of nitrogens with one attached hydrogen (secondary N) is 1. The van der Waals surface area contributed by atoms with Gasteiger partial charge in [-0.3, -0.25) is 4.79 Å². The molecule has 1 unspecified atom stereocenters. The van der Waals surface area contributed by atoms with Gasteiger partial charge in [0.05, 0.1) is 16.3 Å². The summed E-state index contributed by atoms with van der Waals surface area (Å²) in [5.74, 6) is -1.31. The van der Waals surface area contributed by atoms with Crippen LogP contribution in [0.2, 0.25) is 10.0 Å². The fourth-order valence-corrected chi connectivity index (χ4v) is 2.28. The van der Waals surface area contributed by atoms with Crippen molar-refractivity contribution in [2.24, 2.45) is 0 Å². The highest BCUT2D eigenvalue weighted by atomic mass is 35.5. The van der Waals surface area contributed by atoms with Crippen molar-refractivity contribution >= 4 is 40.8 Å². The molecule has 2 N–H and O–H groups in total. The van der Waals surface area contributed by atoms with Gasteiger partial charge in [0.1, 0.15) is 5.75 Å². The van der Waals surface area contributed by atoms with Gasteiger partial charge in [-0.05, 0) is 37.3 Å². The molecule has 0 saturated carbocycles. The second kappa shape index (κ2) is 7.35. The van der Waals surface area contributed by atoms with Crippen molar-refractivity contribution in [3.8, 4) is 5.75 Å². The number of ether oxygens (including phenoxy) is 1. The van der Waals surface area contributed by atoms with Crippen molar-refractivity contribution in [1.82, 2.24) is 0 Å². The Morgan fingerprint density at radius 3 is 2.52 bits per heavy atom. The van der Waals surface area contributed by atoms with Crippen LogP contribution in [0.3, 0.4) is 0 Å². The molecule has 23 heavy (non-hydrogen) atoms. The van der Waals surface area contributed by atoms with Crippen LogP contribution in [-0.2, 0) is 4.79 Å². The number of aromatic carboxylic acids is 1. The molecule has 0 bridgehead atoms. The number of rotatable bonds is 5. The van der Waals surface area contributed by atoms with Crippen molar-refractivity contribution in [2.45, 2.75) is 13.0 Å². The lowest BCUT2D eigenvalue weighted by molar-refractivity contribution is -0.122. The number of carboxylic acids is 1. The van der Waals surface area contributed by atoms with E-state index in [0.717, 1.165) is 0 Å². The summed E-state index contributed by atoms with van der Waals surface area (Å²) in [4.78, 5) is 23.3. The molecule has 0 aliphatic heterocycles. The summed E-state index contributed by atoms with van der Waals surface area (Å²) < 4.78 is 5.48. The van der Waals surface area contributed by atoms with Crippen LogP contribution in [0.15, 0.2) is 42.5 Å². The highest BCUT2D eigenvalue weighted by Gasteiger charge is 2.19. The van der Waals surface area contributed by atoms with E-state index in [0.29, 0.717) is 10.8 Å². The van der Waals surface area contributed by atoms with Gasteiger partial charge in [-0.25, -0.2) is 4.79 Å². The smallest absolute Gasteiger partial charge is 0.337 e. The molecule has 2 aromatic carbocycles. The van der Waals surface area contributed by atoms with Crippen molar-refractivity contribution in [1.29, 1.82) is 0 Å². The number of hydrogen-bond donors (Lipinski definition) is 2. The van der Waals surface area contributed by atoms with Crippen LogP contribution in [0.4, 0.5) is 5.69 Å². The summed E-state index contributed by atoms with van der Waals surface area (Å²) in [5, 5.41) is 12.4. The van der Waals surface area contributed by atoms with E-state index in [4.69, 9.17) is 33.0 Å². The van der Waals surface area contributed by atoms with Gasteiger partial charge >= 0.3 is 5.97 Å². The number of benzene rings is 2. The van der Waals surface area contributed by atoms with Crippen LogP contribution in [0, 0.1) is 0 Å². The summed E-state index contributed by atoms with van der Waals surface area (Å²) >= 11 is 11.8. The second-order valence-corrected chi connectivity index (χ2v) is 5.52. The van der Waals surface area contributed by atoms with Crippen molar-refractivity contribution in [2.75, 3.05) is 5.32 Å². The number of amides is 1. The van der Waals surface area contributed by atoms with Crippen LogP contribution in [-0.4, -0.2) is 23.1 Å². The molecule has 1 atom stereocenters. The molecule has 7 heteroatoms. The molecule has 0 spiro atoms. The zero-order valence-electron chi connectivity index (χ0n) is 12.0. The predicted octanol–water partition coefficient (Wildman–Crippen LogP) is 4.10. The first-order valence-corrected chi connectivity index (χ1v) is 7.39. The first kappa shape index (κ1) is 17.1. The Morgan fingerprint density at radius 2 is 1.87 bits per heavy atom. The van der Waals surface area contributed by atoms with E-state index in [1.807, 2.05) is 0 Å². The minimum absolute atomic E-state index is 0.00225. The van der Waals surface area contributed by atoms with E-state index >= 15 is 0 Å². The normalized spacial score (nSPS) is 11.6. The van der Waals surface area contributed by atoms with Gasteiger partial charge in [-0.2, -0.15) is 0 Å². The number of carbonyl (C=O) groups is 2. The molecule has 2 aromatic rings. The van der Waals surface area contributed by atoms with E-state index < -0.39 is 18.0 Å². The topological polar surface area (TPSA) is 75.6 Å². The largest absolute Gasteiger partial charge is 0.479 e. The maximum atomic E-state index is 12.2. The van der Waals surface area contributed by atoms with Gasteiger partial charge in [0.2, 0.25) is 0 Å². The van der Waals surface area contributed by atoms with Crippen LogP contribution in [0.25, 0.3) is 0 Å². The number of halogens is 2. The van der Waals surface area contributed by atoms with E-state index in [1.165, 1.54) is 25.1 Å². The Kier molecular flexibility index (Phi) is 5.47. The molecule has 0 saturated heterocycles. The van der Waals surface area contributed by atoms with Gasteiger partial charge in [-0.15, -0.1) is 0 Å². The number of para-hydroxylation sites is 1. The summed E-state index contributed by atoms with van der Waals surface area (Å²) in [7, 11) is 0. The van der Waals surface area contributed by atoms with E-state index in [9.17, 15) is 9.59 Å². The Bertz CT molecular complexity index is 749. The lowest BCUT2D eigenvalue weighted by Gasteiger charge is -2.16. The van der Waals surface area contributed by atoms with Crippen molar-refractivity contribution in [3.05, 3.63) is 58.1 Å². The second-order valence-electron chi connectivity index (χ2n) is 4.67. The molecule has 0 aromatic heterocycles. The minimum atomic E-state index is -1.13. The molecule has 5 nitrogen and oxygen atoms in total. The fourth-order valence-electron chi connectivity index (χ4n) is 1.83. The van der Waals surface area contributed by atoms with Crippen molar-refractivity contribution in [3.63, 3.8) is 0 Å². The molecule has 0 aliphatic rings. The van der Waals surface area contributed by atoms with Gasteiger partial charge in [0, 0.05) is 5.02 Å². The maximum absolute atomic E-state index is 12.2. The molecular weight excluding hydrogens is 341 g/mol. The quantitative estimate of drug-likeness (QED) is 0.848. The minimum Gasteiger partial charge on any atom is -0.479 e. The maximum Gasteiger partial charge on any atom is 0.337 e. The van der Waals surface area contributed by atoms with E-state index in [2.05, 4.69) is 5.32 Å². The third-order valence-electron chi connectivity index (χ3n) is 2.98. The summed E-state index contributed by atoms with van der Waals surface area (Å²) in [6.45, 7) is 1.53. The molecule has 0 aliphatic carbocycles. The predicted molar refractivity (Wildman–Crippen MR) is 88.6 cm³/mol. The number of carboxylic acid groups (broad SMARTS) is 1. The molecule has 0 radical (unpaired) electrons. The Morgan fingerprint density at radius 1 is 1.17 bits per heavy atom. The van der Waals surface area contributed by atoms with Gasteiger partial charge in [0.15, 0.2) is 6.10 Å². The van der Waals surface area contributed by atoms with Crippen molar-refractivity contribution < 1.29 is 19.4 Å². The number of hydrogen-bond acceptors (Lipinski definition) is 3.